The molecule has 1 amide bonds. The Kier molecular flexibility index (Phi) is 14.5. The number of likely N-dealkylation sites (N-methyl/N-ethyl adjacent to an activating group) is 1. The number of pyridine rings is 1. The number of aromatic nitrogens is 3. The first kappa shape index (κ1) is 47.4. The van der Waals surface area contributed by atoms with Crippen molar-refractivity contribution in [3.63, 3.8) is 0 Å². The monoisotopic (exact) mass is 849 g/mol. The Labute approximate surface area is 351 Å². The zero-order valence-electron chi connectivity index (χ0n) is 37.0. The van der Waals surface area contributed by atoms with E-state index in [1.165, 1.54) is 25.9 Å². The van der Waals surface area contributed by atoms with E-state index < -0.39 is 101 Å². The SMILES string of the molecule is CC[C@H]1OC(=O)[C@@](C)(F)C(=O)[C@H](C)[C@@H](O[C@]2(C)O[C@H](C)C[C@H](N(C)CCF)[C@H]2O)[C@](C)(OC)C[C@@H](C)C(=O)[C@H](C)[C@H]2N(CCCCn3cnc4cccnc43)C(=O)O[C@]12C. The van der Waals surface area contributed by atoms with E-state index in [9.17, 15) is 28.7 Å². The minimum absolute atomic E-state index is 0.0340. The molecule has 0 aliphatic carbocycles. The van der Waals surface area contributed by atoms with Crippen LogP contribution >= 0.6 is 0 Å². The predicted octanol–water partition coefficient (Wildman–Crippen LogP) is 5.24. The van der Waals surface area contributed by atoms with Crippen LogP contribution in [0.15, 0.2) is 24.7 Å². The zero-order chi connectivity index (χ0) is 44.5. The highest BCUT2D eigenvalue weighted by molar-refractivity contribution is 6.08. The number of aliphatic hydroxyl groups is 1. The van der Waals surface area contributed by atoms with Crippen LogP contribution in [0.2, 0.25) is 0 Å². The number of alkyl halides is 2. The molecule has 60 heavy (non-hydrogen) atoms. The highest BCUT2D eigenvalue weighted by atomic mass is 19.1. The highest BCUT2D eigenvalue weighted by Crippen LogP contribution is 2.45. The molecule has 5 rings (SSSR count). The number of unbranched alkanes of at least 4 members (excludes halogenated alkanes) is 1. The second-order valence-electron chi connectivity index (χ2n) is 17.9. The van der Waals surface area contributed by atoms with Gasteiger partial charge in [-0.1, -0.05) is 27.7 Å². The molecular formula is C43H65F2N5O10. The van der Waals surface area contributed by atoms with Gasteiger partial charge < -0.3 is 38.3 Å². The number of ether oxygens (including phenoxy) is 5. The van der Waals surface area contributed by atoms with Gasteiger partial charge in [-0.2, -0.15) is 0 Å². The van der Waals surface area contributed by atoms with E-state index in [1.54, 1.807) is 66.0 Å². The molecule has 2 aromatic rings. The number of imidazole rings is 1. The Morgan fingerprint density at radius 3 is 2.37 bits per heavy atom. The van der Waals surface area contributed by atoms with Crippen molar-refractivity contribution in [1.82, 2.24) is 24.3 Å². The van der Waals surface area contributed by atoms with Crippen LogP contribution < -0.4 is 0 Å². The number of hydrogen-bond acceptors (Lipinski definition) is 13. The number of methoxy groups -OCH3 is 1. The summed E-state index contributed by atoms with van der Waals surface area (Å²) in [5.74, 6) is -7.90. The van der Waals surface area contributed by atoms with Crippen LogP contribution in [0, 0.1) is 17.8 Å². The van der Waals surface area contributed by atoms with E-state index >= 15 is 4.39 Å². The van der Waals surface area contributed by atoms with Gasteiger partial charge in [0.25, 0.3) is 5.67 Å². The number of cyclic esters (lactones) is 1. The average Bonchev–Trinajstić information content (AvgIpc) is 3.73. The van der Waals surface area contributed by atoms with Gasteiger partial charge in [0.2, 0.25) is 0 Å². The molecule has 3 fully saturated rings. The fourth-order valence-electron chi connectivity index (χ4n) is 9.91. The number of carbonyl (C=O) groups is 4. The number of halogens is 2. The molecule has 13 atom stereocenters. The maximum Gasteiger partial charge on any atom is 0.410 e. The molecule has 2 aromatic heterocycles. The van der Waals surface area contributed by atoms with E-state index in [-0.39, 0.29) is 31.7 Å². The predicted molar refractivity (Wildman–Crippen MR) is 216 cm³/mol. The molecule has 5 heterocycles. The topological polar surface area (TPSA) is 172 Å². The van der Waals surface area contributed by atoms with Gasteiger partial charge in [-0.15, -0.1) is 0 Å². The summed E-state index contributed by atoms with van der Waals surface area (Å²) in [5.41, 5.74) is -4.89. The smallest absolute Gasteiger partial charge is 0.410 e. The summed E-state index contributed by atoms with van der Waals surface area (Å²) >= 11 is 0. The molecule has 1 N–H and O–H groups in total. The van der Waals surface area contributed by atoms with Gasteiger partial charge in [-0.3, -0.25) is 14.5 Å². The number of esters is 1. The molecule has 15 nitrogen and oxygen atoms in total. The van der Waals surface area contributed by atoms with Crippen molar-refractivity contribution in [3.05, 3.63) is 24.7 Å². The normalized spacial score (nSPS) is 38.5. The molecule has 336 valence electrons. The summed E-state index contributed by atoms with van der Waals surface area (Å²) in [6.07, 6.45) is -0.353. The molecule has 0 aromatic carbocycles. The molecule has 0 bridgehead atoms. The van der Waals surface area contributed by atoms with Gasteiger partial charge in [0.1, 0.15) is 30.2 Å². The highest BCUT2D eigenvalue weighted by Gasteiger charge is 2.62. The lowest BCUT2D eigenvalue weighted by Crippen LogP contribution is -2.65. The lowest BCUT2D eigenvalue weighted by molar-refractivity contribution is -0.354. The first-order chi connectivity index (χ1) is 28.1. The van der Waals surface area contributed by atoms with Gasteiger partial charge in [-0.05, 0) is 85.9 Å². The first-order valence-corrected chi connectivity index (χ1v) is 21.2. The Hall–Kier alpha value is -3.64. The van der Waals surface area contributed by atoms with E-state index in [1.807, 2.05) is 16.7 Å². The van der Waals surface area contributed by atoms with Gasteiger partial charge >= 0.3 is 12.1 Å². The lowest BCUT2D eigenvalue weighted by atomic mass is 9.73. The second kappa shape index (κ2) is 18.4. The Bertz CT molecular complexity index is 1870. The van der Waals surface area contributed by atoms with E-state index in [4.69, 9.17) is 23.7 Å². The fourth-order valence-corrected chi connectivity index (χ4v) is 9.91. The van der Waals surface area contributed by atoms with E-state index in [2.05, 4.69) is 9.97 Å². The van der Waals surface area contributed by atoms with E-state index in [0.717, 1.165) is 18.1 Å². The van der Waals surface area contributed by atoms with E-state index in [0.29, 0.717) is 25.8 Å². The molecular weight excluding hydrogens is 784 g/mol. The number of ketones is 2. The van der Waals surface area contributed by atoms with Crippen LogP contribution in [0.3, 0.4) is 0 Å². The first-order valence-electron chi connectivity index (χ1n) is 21.2. The van der Waals surface area contributed by atoms with Crippen LogP contribution in [0.1, 0.15) is 94.4 Å². The van der Waals surface area contributed by atoms with Crippen LogP contribution in [-0.4, -0.2) is 146 Å². The maximum absolute atomic E-state index is 17.0. The summed E-state index contributed by atoms with van der Waals surface area (Å²) < 4.78 is 63.3. The quantitative estimate of drug-likeness (QED) is 0.167. The molecule has 3 aliphatic heterocycles. The molecule has 0 spiro atoms. The number of hydrogen-bond donors (Lipinski definition) is 1. The van der Waals surface area contributed by atoms with Crippen LogP contribution in [0.5, 0.6) is 0 Å². The van der Waals surface area contributed by atoms with Crippen molar-refractivity contribution in [2.45, 2.75) is 160 Å². The van der Waals surface area contributed by atoms with Gasteiger partial charge in [0, 0.05) is 56.7 Å². The van der Waals surface area contributed by atoms with Crippen molar-refractivity contribution < 1.29 is 56.7 Å². The third-order valence-corrected chi connectivity index (χ3v) is 13.3. The number of rotatable bonds is 12. The summed E-state index contributed by atoms with van der Waals surface area (Å²) in [7, 11) is 3.05. The van der Waals surface area contributed by atoms with Crippen molar-refractivity contribution in [2.24, 2.45) is 17.8 Å². The Balaban J connectivity index is 1.51. The number of Topliss-reactive ketones (excluding diaryl/α,β-unsaturated/α-hetero) is 2. The second-order valence-corrected chi connectivity index (χ2v) is 17.9. The van der Waals surface area contributed by atoms with Crippen LogP contribution in [-0.2, 0) is 44.6 Å². The maximum atomic E-state index is 17.0. The number of aryl methyl sites for hydroxylation is 1. The van der Waals surface area contributed by atoms with Crippen molar-refractivity contribution in [2.75, 3.05) is 33.9 Å². The lowest BCUT2D eigenvalue weighted by Gasteiger charge is -2.52. The fraction of sp³-hybridized carbons (Fsp3) is 0.767. The molecule has 17 heteroatoms. The molecule has 0 unspecified atom stereocenters. The number of carbonyl (C=O) groups excluding carboxylic acids is 4. The largest absolute Gasteiger partial charge is 0.455 e. The Morgan fingerprint density at radius 1 is 1.03 bits per heavy atom. The molecule has 0 saturated carbocycles. The molecule has 3 aliphatic rings. The van der Waals surface area contributed by atoms with Crippen molar-refractivity contribution in [3.8, 4) is 0 Å². The van der Waals surface area contributed by atoms with Crippen LogP contribution in [0.25, 0.3) is 11.2 Å². The third-order valence-electron chi connectivity index (χ3n) is 13.3. The summed E-state index contributed by atoms with van der Waals surface area (Å²) in [4.78, 5) is 69.0. The average molecular weight is 850 g/mol. The molecule has 0 radical (unpaired) electrons. The van der Waals surface area contributed by atoms with Gasteiger partial charge in [-0.25, -0.2) is 28.3 Å². The van der Waals surface area contributed by atoms with Crippen molar-refractivity contribution >= 4 is 34.8 Å². The number of nitrogens with zero attached hydrogens (tertiary/aromatic N) is 5. The molecule has 3 saturated heterocycles. The summed E-state index contributed by atoms with van der Waals surface area (Å²) in [6, 6.07) is 2.11. The standard InChI is InChI=1S/C43H65F2N5O10/c1-12-31-42(8)33(50(39(55)60-42)20-14-13-19-49-24-47-29-16-15-18-46-37(29)49)27(4)32(51)25(2)23-40(6,56-11)36(28(5)34(52)41(7,45)38(54)57-31)59-43(9)35(53)30(22-26(3)58-43)48(10)21-17-44/h15-16,18,24-28,30-31,33,35-36,53H,12-14,17,19-23H2,1-11H3/t25-,26-,27+,28+,30+,31-,33-,35-,36-,40-,41+,42-,43+/m1/s1. The van der Waals surface area contributed by atoms with Crippen molar-refractivity contribution in [1.29, 1.82) is 0 Å². The third kappa shape index (κ3) is 8.97. The summed E-state index contributed by atoms with van der Waals surface area (Å²) in [6.45, 7) is 13.9. The van der Waals surface area contributed by atoms with Gasteiger partial charge in [0.05, 0.1) is 30.2 Å². The number of fused-ring (bicyclic) bond motifs is 2. The number of aliphatic hydroxyl groups excluding tert-OH is 1. The number of amides is 1. The van der Waals surface area contributed by atoms with Crippen LogP contribution in [0.4, 0.5) is 13.6 Å². The minimum atomic E-state index is -3.23. The zero-order valence-corrected chi connectivity index (χ0v) is 37.0. The minimum Gasteiger partial charge on any atom is -0.455 e. The summed E-state index contributed by atoms with van der Waals surface area (Å²) in [5, 5.41) is 11.8. The Morgan fingerprint density at radius 2 is 1.72 bits per heavy atom. The van der Waals surface area contributed by atoms with Gasteiger partial charge in [0.15, 0.2) is 22.8 Å².